The number of amides is 1. The van der Waals surface area contributed by atoms with Crippen LogP contribution in [0.3, 0.4) is 0 Å². The van der Waals surface area contributed by atoms with E-state index in [4.69, 9.17) is 0 Å². The Bertz CT molecular complexity index is 861. The van der Waals surface area contributed by atoms with Crippen molar-refractivity contribution in [1.82, 2.24) is 9.97 Å². The largest absolute Gasteiger partial charge is 0.322 e. The molecule has 0 saturated heterocycles. The Morgan fingerprint density at radius 1 is 1.00 bits per heavy atom. The first kappa shape index (κ1) is 15.6. The van der Waals surface area contributed by atoms with Gasteiger partial charge in [0.25, 0.3) is 0 Å². The van der Waals surface area contributed by atoms with Gasteiger partial charge in [0, 0.05) is 35.3 Å². The Morgan fingerprint density at radius 3 is 2.46 bits per heavy atom. The Labute approximate surface area is 138 Å². The minimum Gasteiger partial charge on any atom is -0.322 e. The third-order valence-corrected chi connectivity index (χ3v) is 3.22. The van der Waals surface area contributed by atoms with Crippen LogP contribution in [0.4, 0.5) is 10.1 Å². The number of nitrogens with one attached hydrogen (secondary N) is 1. The van der Waals surface area contributed by atoms with Gasteiger partial charge in [-0.1, -0.05) is 36.4 Å². The molecule has 24 heavy (non-hydrogen) atoms. The summed E-state index contributed by atoms with van der Waals surface area (Å²) < 4.78 is 13.1. The smallest absolute Gasteiger partial charge is 0.248 e. The molecule has 4 nitrogen and oxygen atoms in total. The van der Waals surface area contributed by atoms with Crippen molar-refractivity contribution in [3.05, 3.63) is 84.4 Å². The summed E-state index contributed by atoms with van der Waals surface area (Å²) in [5.74, 6) is -0.133. The number of halogens is 1. The minimum absolute atomic E-state index is 0.354. The third kappa shape index (κ3) is 4.10. The molecule has 0 atom stereocenters. The number of carbonyl (C=O) groups is 1. The van der Waals surface area contributed by atoms with Crippen molar-refractivity contribution in [3.63, 3.8) is 0 Å². The molecule has 0 spiro atoms. The maximum absolute atomic E-state index is 13.1. The van der Waals surface area contributed by atoms with Crippen LogP contribution in [0.5, 0.6) is 0 Å². The van der Waals surface area contributed by atoms with Crippen LogP contribution in [0, 0.1) is 5.82 Å². The summed E-state index contributed by atoms with van der Waals surface area (Å²) in [6, 6.07) is 15.3. The molecule has 1 amide bonds. The second-order valence-electron chi connectivity index (χ2n) is 5.04. The molecular formula is C19H14FN3O. The van der Waals surface area contributed by atoms with Crippen LogP contribution in [0.25, 0.3) is 17.5 Å². The number of benzene rings is 2. The number of anilines is 1. The van der Waals surface area contributed by atoms with Gasteiger partial charge < -0.3 is 5.32 Å². The van der Waals surface area contributed by atoms with E-state index in [1.807, 2.05) is 30.3 Å². The van der Waals surface area contributed by atoms with Crippen LogP contribution < -0.4 is 5.32 Å². The Balaban J connectivity index is 1.65. The number of hydrogen-bond donors (Lipinski definition) is 1. The minimum atomic E-state index is -0.401. The van der Waals surface area contributed by atoms with Crippen LogP contribution >= 0.6 is 0 Å². The zero-order valence-corrected chi connectivity index (χ0v) is 12.7. The van der Waals surface area contributed by atoms with Crippen molar-refractivity contribution in [2.24, 2.45) is 0 Å². The van der Waals surface area contributed by atoms with E-state index in [2.05, 4.69) is 15.3 Å². The summed E-state index contributed by atoms with van der Waals surface area (Å²) in [7, 11) is 0. The van der Waals surface area contributed by atoms with E-state index in [0.717, 1.165) is 5.56 Å². The van der Waals surface area contributed by atoms with Crippen LogP contribution in [-0.4, -0.2) is 15.9 Å². The summed E-state index contributed by atoms with van der Waals surface area (Å²) in [6.07, 6.45) is 6.23. The van der Waals surface area contributed by atoms with E-state index in [0.29, 0.717) is 17.1 Å². The maximum Gasteiger partial charge on any atom is 0.248 e. The van der Waals surface area contributed by atoms with E-state index >= 15 is 0 Å². The zero-order valence-electron chi connectivity index (χ0n) is 12.7. The Hall–Kier alpha value is -3.34. The normalized spacial score (nSPS) is 10.7. The van der Waals surface area contributed by atoms with Crippen LogP contribution in [0.2, 0.25) is 0 Å². The van der Waals surface area contributed by atoms with E-state index < -0.39 is 5.82 Å². The Morgan fingerprint density at radius 2 is 1.75 bits per heavy atom. The second kappa shape index (κ2) is 7.28. The molecule has 0 aliphatic heterocycles. The number of aromatic nitrogens is 2. The molecule has 0 radical (unpaired) electrons. The van der Waals surface area contributed by atoms with Crippen LogP contribution in [0.15, 0.2) is 73.1 Å². The van der Waals surface area contributed by atoms with E-state index in [9.17, 15) is 9.18 Å². The maximum atomic E-state index is 13.1. The SMILES string of the molecule is O=C(/C=C/c1cnc(-c2ccccc2)nc1)Nc1cccc(F)c1. The summed E-state index contributed by atoms with van der Waals surface area (Å²) >= 11 is 0. The van der Waals surface area contributed by atoms with Gasteiger partial charge in [-0.3, -0.25) is 4.79 Å². The van der Waals surface area contributed by atoms with Crippen LogP contribution in [0.1, 0.15) is 5.56 Å². The predicted molar refractivity (Wildman–Crippen MR) is 91.5 cm³/mol. The summed E-state index contributed by atoms with van der Waals surface area (Å²) in [5, 5.41) is 2.58. The highest BCUT2D eigenvalue weighted by atomic mass is 19.1. The highest BCUT2D eigenvalue weighted by Gasteiger charge is 2.01. The third-order valence-electron chi connectivity index (χ3n) is 3.22. The fraction of sp³-hybridized carbons (Fsp3) is 0. The molecule has 0 saturated carbocycles. The average Bonchev–Trinajstić information content (AvgIpc) is 2.61. The molecule has 1 N–H and O–H groups in total. The van der Waals surface area contributed by atoms with Crippen molar-refractivity contribution in [1.29, 1.82) is 0 Å². The van der Waals surface area contributed by atoms with Crippen LogP contribution in [-0.2, 0) is 4.79 Å². The number of nitrogens with zero attached hydrogens (tertiary/aromatic N) is 2. The molecule has 3 rings (SSSR count). The van der Waals surface area contributed by atoms with Gasteiger partial charge in [0.15, 0.2) is 5.82 Å². The molecule has 1 heterocycles. The molecule has 2 aromatic carbocycles. The summed E-state index contributed by atoms with van der Waals surface area (Å²) in [6.45, 7) is 0. The first-order chi connectivity index (χ1) is 11.7. The van der Waals surface area contributed by atoms with Gasteiger partial charge in [0.05, 0.1) is 0 Å². The first-order valence-corrected chi connectivity index (χ1v) is 7.33. The molecule has 0 aliphatic carbocycles. The van der Waals surface area contributed by atoms with Gasteiger partial charge in [-0.15, -0.1) is 0 Å². The number of carbonyl (C=O) groups excluding carboxylic acids is 1. The van der Waals surface area contributed by atoms with Crippen molar-refractivity contribution in [2.45, 2.75) is 0 Å². The van der Waals surface area contributed by atoms with E-state index in [1.165, 1.54) is 24.3 Å². The van der Waals surface area contributed by atoms with Crippen molar-refractivity contribution in [2.75, 3.05) is 5.32 Å². The van der Waals surface area contributed by atoms with Gasteiger partial charge in [-0.25, -0.2) is 14.4 Å². The number of hydrogen-bond acceptors (Lipinski definition) is 3. The average molecular weight is 319 g/mol. The second-order valence-corrected chi connectivity index (χ2v) is 5.04. The molecular weight excluding hydrogens is 305 g/mol. The lowest BCUT2D eigenvalue weighted by Crippen LogP contribution is -2.07. The Kier molecular flexibility index (Phi) is 4.72. The zero-order chi connectivity index (χ0) is 16.8. The topological polar surface area (TPSA) is 54.9 Å². The van der Waals surface area contributed by atoms with Gasteiger partial charge in [0.2, 0.25) is 5.91 Å². The molecule has 0 bridgehead atoms. The molecule has 0 fully saturated rings. The van der Waals surface area contributed by atoms with Gasteiger partial charge in [-0.05, 0) is 24.3 Å². The molecule has 1 aromatic heterocycles. The standard InChI is InChI=1S/C19H14FN3O/c20-16-7-4-8-17(11-16)23-18(24)10-9-14-12-21-19(22-13-14)15-5-2-1-3-6-15/h1-13H,(H,23,24)/b10-9+. The fourth-order valence-corrected chi connectivity index (χ4v) is 2.08. The molecule has 118 valence electrons. The highest BCUT2D eigenvalue weighted by molar-refractivity contribution is 6.01. The molecule has 0 aliphatic rings. The van der Waals surface area contributed by atoms with Crippen molar-refractivity contribution >= 4 is 17.7 Å². The monoisotopic (exact) mass is 319 g/mol. The lowest BCUT2D eigenvalue weighted by Gasteiger charge is -2.02. The van der Waals surface area contributed by atoms with Crippen molar-refractivity contribution < 1.29 is 9.18 Å². The molecule has 3 aromatic rings. The van der Waals surface area contributed by atoms with Gasteiger partial charge >= 0.3 is 0 Å². The fourth-order valence-electron chi connectivity index (χ4n) is 2.08. The number of rotatable bonds is 4. The lowest BCUT2D eigenvalue weighted by atomic mass is 10.2. The van der Waals surface area contributed by atoms with Gasteiger partial charge in [-0.2, -0.15) is 0 Å². The van der Waals surface area contributed by atoms with E-state index in [1.54, 1.807) is 24.5 Å². The highest BCUT2D eigenvalue weighted by Crippen LogP contribution is 2.14. The predicted octanol–water partition coefficient (Wildman–Crippen LogP) is 3.93. The first-order valence-electron chi connectivity index (χ1n) is 7.33. The van der Waals surface area contributed by atoms with Gasteiger partial charge in [0.1, 0.15) is 5.82 Å². The van der Waals surface area contributed by atoms with Crippen molar-refractivity contribution in [3.8, 4) is 11.4 Å². The van der Waals surface area contributed by atoms with E-state index in [-0.39, 0.29) is 5.91 Å². The molecule has 0 unspecified atom stereocenters. The summed E-state index contributed by atoms with van der Waals surface area (Å²) in [5.41, 5.74) is 2.03. The summed E-state index contributed by atoms with van der Waals surface area (Å²) in [4.78, 5) is 20.4. The quantitative estimate of drug-likeness (QED) is 0.741. The lowest BCUT2D eigenvalue weighted by molar-refractivity contribution is -0.111. The molecule has 5 heteroatoms.